The lowest BCUT2D eigenvalue weighted by Gasteiger charge is -2.10. The molecule has 4 aromatic carbocycles. The van der Waals surface area contributed by atoms with E-state index in [4.69, 9.17) is 17.5 Å². The molecule has 3 heterocycles. The van der Waals surface area contributed by atoms with Gasteiger partial charge in [0.05, 0.1) is 0 Å². The van der Waals surface area contributed by atoms with Crippen molar-refractivity contribution in [3.63, 3.8) is 0 Å². The van der Waals surface area contributed by atoms with Crippen LogP contribution < -0.4 is 17.5 Å². The van der Waals surface area contributed by atoms with Crippen LogP contribution in [0.5, 0.6) is 0 Å². The zero-order chi connectivity index (χ0) is 32.9. The maximum Gasteiger partial charge on any atom is 0.210 e. The van der Waals surface area contributed by atoms with Crippen molar-refractivity contribution in [2.24, 2.45) is 0 Å². The summed E-state index contributed by atoms with van der Waals surface area (Å²) in [5.41, 5.74) is 6.04. The molecule has 0 saturated carbocycles. The lowest BCUT2D eigenvalue weighted by atomic mass is 10.1. The van der Waals surface area contributed by atoms with Crippen LogP contribution in [-0.4, -0.2) is 44.6 Å². The number of benzene rings is 4. The van der Waals surface area contributed by atoms with E-state index in [1.54, 1.807) is 0 Å². The van der Waals surface area contributed by atoms with E-state index in [0.29, 0.717) is 50.2 Å². The van der Waals surface area contributed by atoms with Gasteiger partial charge in [-0.3, -0.25) is 0 Å². The summed E-state index contributed by atoms with van der Waals surface area (Å²) in [4.78, 5) is 0. The van der Waals surface area contributed by atoms with Crippen molar-refractivity contribution in [1.29, 1.82) is 0 Å². The van der Waals surface area contributed by atoms with Gasteiger partial charge in [0.1, 0.15) is 0 Å². The first-order chi connectivity index (χ1) is 23.5. The van der Waals surface area contributed by atoms with Crippen LogP contribution in [0.2, 0.25) is 0 Å². The minimum Gasteiger partial charge on any atom is -0.335 e. The van der Waals surface area contributed by atoms with E-state index in [-0.39, 0.29) is 0 Å². The second-order valence-corrected chi connectivity index (χ2v) is 13.5. The first-order valence-electron chi connectivity index (χ1n) is 14.8. The maximum absolute atomic E-state index is 6.41. The highest BCUT2D eigenvalue weighted by molar-refractivity contribution is 7.98. The number of rotatable bonds is 12. The molecule has 3 aromatic heterocycles. The van der Waals surface area contributed by atoms with Crippen LogP contribution in [0.1, 0.15) is 16.7 Å². The lowest BCUT2D eigenvalue weighted by molar-refractivity contribution is 0.848. The van der Waals surface area contributed by atoms with Gasteiger partial charge in [-0.05, 0) is 16.7 Å². The molecule has 0 aliphatic rings. The molecule has 0 radical (unpaired) electrons. The average molecular weight is 691 g/mol. The Morgan fingerprint density at radius 2 is 0.667 bits per heavy atom. The van der Waals surface area contributed by atoms with Crippen molar-refractivity contribution in [2.75, 3.05) is 17.5 Å². The van der Waals surface area contributed by atoms with Gasteiger partial charge in [-0.15, -0.1) is 30.6 Å². The second-order valence-electron chi connectivity index (χ2n) is 10.7. The zero-order valence-electron chi connectivity index (χ0n) is 25.5. The number of thioether (sulfide) groups is 3. The Balaban J connectivity index is 1.11. The van der Waals surface area contributed by atoms with Crippen molar-refractivity contribution >= 4 is 35.3 Å². The standard InChI is InChI=1S/C33H30N12S3/c34-43-28(25-10-4-1-5-11-25)37-40-31(43)46-19-22-16-23(20-47-32-41-38-29(44(32)35)26-12-6-2-7-13-26)18-24(17-22)21-48-33-42-39-30(45(33)36)27-14-8-3-9-15-27/h1-18H,19-21,34-36H2. The van der Waals surface area contributed by atoms with E-state index >= 15 is 0 Å². The molecule has 0 bridgehead atoms. The van der Waals surface area contributed by atoms with Crippen LogP contribution in [-0.2, 0) is 17.3 Å². The van der Waals surface area contributed by atoms with Gasteiger partial charge in [-0.25, -0.2) is 14.0 Å². The van der Waals surface area contributed by atoms with Crippen molar-refractivity contribution in [2.45, 2.75) is 32.7 Å². The van der Waals surface area contributed by atoms with E-state index in [1.165, 1.54) is 49.3 Å². The Morgan fingerprint density at radius 3 is 0.938 bits per heavy atom. The summed E-state index contributed by atoms with van der Waals surface area (Å²) in [7, 11) is 0. The molecule has 48 heavy (non-hydrogen) atoms. The predicted molar refractivity (Wildman–Crippen MR) is 192 cm³/mol. The Morgan fingerprint density at radius 1 is 0.396 bits per heavy atom. The van der Waals surface area contributed by atoms with Gasteiger partial charge in [0.15, 0.2) is 17.5 Å². The Hall–Kier alpha value is -5.25. The molecule has 0 spiro atoms. The van der Waals surface area contributed by atoms with Gasteiger partial charge in [0, 0.05) is 33.9 Å². The minimum absolute atomic E-state index is 0.613. The lowest BCUT2D eigenvalue weighted by Crippen LogP contribution is -2.11. The molecule has 0 fully saturated rings. The van der Waals surface area contributed by atoms with Crippen LogP contribution >= 0.6 is 35.3 Å². The third-order valence-electron chi connectivity index (χ3n) is 7.31. The smallest absolute Gasteiger partial charge is 0.210 e. The summed E-state index contributed by atoms with van der Waals surface area (Å²) in [6, 6.07) is 35.9. The van der Waals surface area contributed by atoms with Crippen LogP contribution in [0.25, 0.3) is 34.2 Å². The normalized spacial score (nSPS) is 11.2. The van der Waals surface area contributed by atoms with Crippen LogP contribution in [0.4, 0.5) is 0 Å². The predicted octanol–water partition coefficient (Wildman–Crippen LogP) is 5.48. The molecule has 0 aliphatic carbocycles. The number of nitrogen functional groups attached to an aromatic ring is 3. The van der Waals surface area contributed by atoms with E-state index < -0.39 is 0 Å². The number of hydrogen-bond acceptors (Lipinski definition) is 12. The second kappa shape index (κ2) is 14.3. The Bertz CT molecular complexity index is 1880. The van der Waals surface area contributed by atoms with E-state index in [1.807, 2.05) is 91.0 Å². The fraction of sp³-hybridized carbons (Fsp3) is 0.0909. The van der Waals surface area contributed by atoms with Crippen LogP contribution in [0, 0.1) is 0 Å². The fourth-order valence-corrected chi connectivity index (χ4v) is 7.37. The van der Waals surface area contributed by atoms with Crippen molar-refractivity contribution < 1.29 is 0 Å². The quantitative estimate of drug-likeness (QED) is 0.109. The highest BCUT2D eigenvalue weighted by Gasteiger charge is 2.16. The molecule has 7 aromatic rings. The van der Waals surface area contributed by atoms with Gasteiger partial charge in [-0.2, -0.15) is 0 Å². The molecular weight excluding hydrogens is 661 g/mol. The summed E-state index contributed by atoms with van der Waals surface area (Å²) < 4.78 is 4.60. The monoisotopic (exact) mass is 690 g/mol. The van der Waals surface area contributed by atoms with E-state index in [0.717, 1.165) is 33.4 Å². The number of nitrogens with zero attached hydrogens (tertiary/aromatic N) is 9. The molecule has 7 rings (SSSR count). The van der Waals surface area contributed by atoms with Gasteiger partial charge in [-0.1, -0.05) is 144 Å². The first kappa shape index (κ1) is 31.4. The SMILES string of the molecule is Nn1c(SCc2cc(CSc3nnc(-c4ccccc4)n3N)cc(CSc3nnc(-c4ccccc4)n3N)c2)nnc1-c1ccccc1. The first-order valence-corrected chi connectivity index (χ1v) is 17.8. The van der Waals surface area contributed by atoms with Gasteiger partial charge in [0.2, 0.25) is 15.5 Å². The highest BCUT2D eigenvalue weighted by atomic mass is 32.2. The van der Waals surface area contributed by atoms with Crippen molar-refractivity contribution in [3.05, 3.63) is 126 Å². The fourth-order valence-electron chi connectivity index (χ4n) is 5.01. The van der Waals surface area contributed by atoms with E-state index in [2.05, 4.69) is 48.8 Å². The molecule has 0 saturated heterocycles. The van der Waals surface area contributed by atoms with Crippen molar-refractivity contribution in [3.8, 4) is 34.2 Å². The van der Waals surface area contributed by atoms with Gasteiger partial charge in [0.25, 0.3) is 0 Å². The maximum atomic E-state index is 6.41. The Labute approximate surface area is 289 Å². The topological polar surface area (TPSA) is 170 Å². The summed E-state index contributed by atoms with van der Waals surface area (Å²) >= 11 is 4.58. The summed E-state index contributed by atoms with van der Waals surface area (Å²) in [5.74, 6) is 23.0. The average Bonchev–Trinajstić information content (AvgIpc) is 3.82. The van der Waals surface area contributed by atoms with Gasteiger partial charge < -0.3 is 17.5 Å². The molecule has 12 nitrogen and oxygen atoms in total. The number of aromatic nitrogens is 9. The van der Waals surface area contributed by atoms with Crippen LogP contribution in [0.15, 0.2) is 125 Å². The van der Waals surface area contributed by atoms with Gasteiger partial charge >= 0.3 is 0 Å². The molecule has 6 N–H and O–H groups in total. The molecule has 0 aliphatic heterocycles. The van der Waals surface area contributed by atoms with Crippen molar-refractivity contribution in [1.82, 2.24) is 44.6 Å². The molecule has 0 unspecified atom stereocenters. The largest absolute Gasteiger partial charge is 0.335 e. The molecular formula is C33H30N12S3. The zero-order valence-corrected chi connectivity index (χ0v) is 27.9. The summed E-state index contributed by atoms with van der Waals surface area (Å²) in [6.45, 7) is 0. The van der Waals surface area contributed by atoms with E-state index in [9.17, 15) is 0 Å². The minimum atomic E-state index is 0.613. The molecule has 0 atom stereocenters. The Kier molecular flexibility index (Phi) is 9.31. The third-order valence-corrected chi connectivity index (χ3v) is 10.3. The van der Waals surface area contributed by atoms with Crippen LogP contribution in [0.3, 0.4) is 0 Å². The number of nitrogens with two attached hydrogens (primary N) is 3. The number of hydrogen-bond donors (Lipinski definition) is 3. The summed E-state index contributed by atoms with van der Waals surface area (Å²) in [6.07, 6.45) is 0. The molecule has 240 valence electrons. The third kappa shape index (κ3) is 6.88. The molecule has 0 amide bonds. The molecule has 15 heteroatoms. The summed E-state index contributed by atoms with van der Waals surface area (Å²) in [5, 5.41) is 27.9. The highest BCUT2D eigenvalue weighted by Crippen LogP contribution is 2.31.